The molecule has 17 nitrogen and oxygen atoms in total. The number of benzene rings is 5. The zero-order valence-corrected chi connectivity index (χ0v) is 33.6. The van der Waals surface area contributed by atoms with Gasteiger partial charge in [0.25, 0.3) is 35.9 Å². The molecule has 308 valence electrons. The van der Waals surface area contributed by atoms with Gasteiger partial charge in [0, 0.05) is 33.4 Å². The maximum atomic E-state index is 14.3. The van der Waals surface area contributed by atoms with E-state index in [0.717, 1.165) is 24.3 Å². The van der Waals surface area contributed by atoms with Gasteiger partial charge in [-0.15, -0.1) is 0 Å². The van der Waals surface area contributed by atoms with E-state index in [-0.39, 0.29) is 38.8 Å². The zero-order chi connectivity index (χ0) is 43.5. The van der Waals surface area contributed by atoms with E-state index in [0.29, 0.717) is 12.1 Å². The molecule has 0 spiro atoms. The van der Waals surface area contributed by atoms with Gasteiger partial charge in [-0.2, -0.15) is 25.3 Å². The molecule has 60 heavy (non-hydrogen) atoms. The van der Waals surface area contributed by atoms with Gasteiger partial charge in [-0.05, 0) is 48.2 Å². The maximum Gasteiger partial charge on any atom is 0.296 e. The van der Waals surface area contributed by atoms with Crippen LogP contribution in [0.15, 0.2) is 132 Å². The Morgan fingerprint density at radius 1 is 0.617 bits per heavy atom. The number of aliphatic hydroxyl groups excluding tert-OH is 1. The molecule has 1 aliphatic heterocycles. The summed E-state index contributed by atoms with van der Waals surface area (Å²) in [5.74, 6) is -1.99. The zero-order valence-electron chi connectivity index (χ0n) is 30.3. The van der Waals surface area contributed by atoms with Crippen LogP contribution < -0.4 is 21.5 Å². The van der Waals surface area contributed by atoms with Gasteiger partial charge in [-0.25, -0.2) is 13.4 Å². The summed E-state index contributed by atoms with van der Waals surface area (Å²) in [5, 5.41) is 12.8. The largest absolute Gasteiger partial charge is 0.506 e. The van der Waals surface area contributed by atoms with Crippen molar-refractivity contribution in [2.45, 2.75) is 32.4 Å². The number of carbonyl (C=O) groups is 1. The molecule has 0 amide bonds. The van der Waals surface area contributed by atoms with Crippen molar-refractivity contribution in [3.63, 3.8) is 0 Å². The number of carbonyl (C=O) groups excluding carboxylic acids is 1. The topological polar surface area (TPSA) is 294 Å². The second kappa shape index (κ2) is 15.1. The van der Waals surface area contributed by atoms with Gasteiger partial charge in [-0.1, -0.05) is 66.7 Å². The van der Waals surface area contributed by atoms with E-state index in [9.17, 15) is 66.8 Å². The third-order valence-electron chi connectivity index (χ3n) is 9.55. The van der Waals surface area contributed by atoms with Gasteiger partial charge < -0.3 is 10.4 Å². The molecule has 0 atom stereocenters. The van der Waals surface area contributed by atoms with Gasteiger partial charge in [0.1, 0.15) is 15.6 Å². The number of aromatic nitrogens is 1. The normalized spacial score (nSPS) is 13.2. The molecule has 1 heterocycles. The van der Waals surface area contributed by atoms with Crippen LogP contribution in [-0.4, -0.2) is 69.0 Å². The van der Waals surface area contributed by atoms with Crippen LogP contribution in [0.1, 0.15) is 28.8 Å². The molecular weight excluding hydrogens is 865 g/mol. The minimum atomic E-state index is -5.33. The minimum absolute atomic E-state index is 0.0391. The number of hydrogen-bond acceptors (Lipinski definition) is 14. The van der Waals surface area contributed by atoms with Crippen molar-refractivity contribution in [2.75, 3.05) is 11.1 Å². The quantitative estimate of drug-likeness (QED) is 0.0864. The molecule has 0 radical (unpaired) electrons. The number of sulfone groups is 1. The van der Waals surface area contributed by atoms with Gasteiger partial charge in [0.05, 0.1) is 43.0 Å². The van der Waals surface area contributed by atoms with Crippen molar-refractivity contribution < 1.29 is 57.2 Å². The molecule has 2 aliphatic rings. The van der Waals surface area contributed by atoms with Crippen LogP contribution >= 0.6 is 0 Å². The van der Waals surface area contributed by atoms with Crippen LogP contribution in [0.3, 0.4) is 0 Å². The van der Waals surface area contributed by atoms with Crippen LogP contribution in [0.4, 0.5) is 11.4 Å². The first-order valence-corrected chi connectivity index (χ1v) is 23.2. The number of hydrogen-bond donors (Lipinski definition) is 5. The van der Waals surface area contributed by atoms with E-state index in [1.165, 1.54) is 48.5 Å². The molecule has 0 saturated carbocycles. The third-order valence-corrected chi connectivity index (χ3v) is 14.0. The lowest BCUT2D eigenvalue weighted by Gasteiger charge is -2.17. The second-order valence-electron chi connectivity index (χ2n) is 13.4. The van der Waals surface area contributed by atoms with E-state index in [4.69, 9.17) is 0 Å². The van der Waals surface area contributed by atoms with Gasteiger partial charge in [0.2, 0.25) is 0 Å². The van der Waals surface area contributed by atoms with Crippen LogP contribution in [0.5, 0.6) is 0 Å². The Balaban J connectivity index is 1.39. The molecule has 1 aliphatic carbocycles. The fraction of sp³-hybridized carbons (Fsp3) is 0.0769. The van der Waals surface area contributed by atoms with Gasteiger partial charge in [-0.3, -0.25) is 28.0 Å². The Morgan fingerprint density at radius 2 is 1.25 bits per heavy atom. The second-order valence-corrected chi connectivity index (χ2v) is 19.7. The molecular formula is C39H28N2O15S4. The Morgan fingerprint density at radius 3 is 1.90 bits per heavy atom. The first-order chi connectivity index (χ1) is 28.1. The van der Waals surface area contributed by atoms with Crippen LogP contribution in [0.2, 0.25) is 0 Å². The standard InChI is InChI=1S/C39H28N2O15S4/c42-29(22-10-6-11-24(18-22)58(48,49)50)14-7-17-57(46,47)23-15-16-27(30(19-23)59(51,52)53)40-28-20-31(60(54,55)56)36-34-32(25-12-4-5-13-26(25)38(44)33(28)34)35(39(45)41-36)37(43)21-8-2-1-3-9-21/h1-6,8-13,15-16,18-20,40,43H,7,14,17H2,(H,48,49,50)(H,51,52,53)(H,54,55,56). The molecule has 5 aromatic carbocycles. The smallest absolute Gasteiger partial charge is 0.296 e. The molecule has 0 bridgehead atoms. The predicted octanol–water partition coefficient (Wildman–Crippen LogP) is 3.62. The lowest BCUT2D eigenvalue weighted by Crippen LogP contribution is -2.33. The Bertz CT molecular complexity index is 3660. The minimum Gasteiger partial charge on any atom is -0.506 e. The lowest BCUT2D eigenvalue weighted by atomic mass is 9.96. The molecule has 5 N–H and O–H groups in total. The van der Waals surface area contributed by atoms with Crippen molar-refractivity contribution in [1.82, 2.24) is 4.98 Å². The summed E-state index contributed by atoms with van der Waals surface area (Å²) in [6, 6.07) is 21.1. The van der Waals surface area contributed by atoms with Crippen molar-refractivity contribution in [2.24, 2.45) is 0 Å². The molecule has 0 unspecified atom stereocenters. The summed E-state index contributed by atoms with van der Waals surface area (Å²) in [6.07, 6.45) is -0.744. The highest BCUT2D eigenvalue weighted by atomic mass is 32.2. The number of ketones is 1. The molecule has 0 saturated heterocycles. The summed E-state index contributed by atoms with van der Waals surface area (Å²) >= 11 is 0. The predicted molar refractivity (Wildman–Crippen MR) is 216 cm³/mol. The summed E-state index contributed by atoms with van der Waals surface area (Å²) in [5.41, 5.74) is -3.65. The van der Waals surface area contributed by atoms with Crippen molar-refractivity contribution in [1.29, 1.82) is 0 Å². The van der Waals surface area contributed by atoms with E-state index in [2.05, 4.69) is 10.3 Å². The Hall–Kier alpha value is -6.20. The van der Waals surface area contributed by atoms with E-state index >= 15 is 0 Å². The first kappa shape index (κ1) is 41.9. The highest BCUT2D eigenvalue weighted by Crippen LogP contribution is 2.34. The van der Waals surface area contributed by atoms with Crippen LogP contribution in [-0.2, 0) is 40.2 Å². The van der Waals surface area contributed by atoms with Gasteiger partial charge >= 0.3 is 0 Å². The number of fused-ring (bicyclic) bond motifs is 2. The summed E-state index contributed by atoms with van der Waals surface area (Å²) in [7, 11) is -19.7. The highest BCUT2D eigenvalue weighted by Gasteiger charge is 2.28. The van der Waals surface area contributed by atoms with Crippen molar-refractivity contribution in [3.05, 3.63) is 150 Å². The number of anilines is 2. The first-order valence-electron chi connectivity index (χ1n) is 17.2. The SMILES string of the molecule is O=C(CCCS(=O)(=O)c1ccc(Nc2cc(S(=O)(=O)O)c3nc(=O)c(=C(O)c4ccccc4)c4c5ccccc5c(=O)c2c3=4)c(S(=O)(=O)O)c1)c1cccc(S(=O)(=O)O)c1. The van der Waals surface area contributed by atoms with Crippen molar-refractivity contribution in [3.8, 4) is 0 Å². The Kier molecular flexibility index (Phi) is 10.6. The van der Waals surface area contributed by atoms with Gasteiger partial charge in [0.15, 0.2) is 21.0 Å². The van der Waals surface area contributed by atoms with E-state index in [1.807, 2.05) is 0 Å². The number of nitrogens with one attached hydrogen (secondary N) is 1. The average molecular weight is 893 g/mol. The van der Waals surface area contributed by atoms with Crippen molar-refractivity contribution >= 4 is 84.8 Å². The average Bonchev–Trinajstić information content (AvgIpc) is 3.18. The highest BCUT2D eigenvalue weighted by molar-refractivity contribution is 7.91. The summed E-state index contributed by atoms with van der Waals surface area (Å²) in [4.78, 5) is 41.4. The number of aliphatic hydroxyl groups is 1. The number of nitrogens with zero attached hydrogens (tertiary/aromatic N) is 1. The monoisotopic (exact) mass is 892 g/mol. The third kappa shape index (κ3) is 7.81. The molecule has 7 rings (SSSR count). The van der Waals surface area contributed by atoms with E-state index in [1.54, 1.807) is 18.2 Å². The lowest BCUT2D eigenvalue weighted by molar-refractivity contribution is 0.0981. The summed E-state index contributed by atoms with van der Waals surface area (Å²) in [6.45, 7) is 0. The molecule has 0 aromatic heterocycles. The Labute approximate surface area is 339 Å². The maximum absolute atomic E-state index is 14.3. The number of Topliss-reactive ketones (excluding diaryl/α,β-unsaturated/α-hetero) is 1. The van der Waals surface area contributed by atoms with Crippen LogP contribution in [0.25, 0.3) is 27.4 Å². The molecule has 0 fully saturated rings. The fourth-order valence-corrected chi connectivity index (χ4v) is 10.1. The molecule has 5 aromatic rings. The molecule has 21 heteroatoms. The van der Waals surface area contributed by atoms with E-state index < -0.39 is 122 Å². The summed E-state index contributed by atoms with van der Waals surface area (Å²) < 4.78 is 131. The fourth-order valence-electron chi connectivity index (χ4n) is 6.86. The number of rotatable bonds is 12. The van der Waals surface area contributed by atoms with Crippen LogP contribution in [0, 0.1) is 10.4 Å².